The summed E-state index contributed by atoms with van der Waals surface area (Å²) >= 11 is 0. The van der Waals surface area contributed by atoms with E-state index in [1.165, 1.54) is 25.4 Å². The van der Waals surface area contributed by atoms with Crippen LogP contribution in [0.25, 0.3) is 0 Å². The zero-order chi connectivity index (χ0) is 22.9. The van der Waals surface area contributed by atoms with Crippen molar-refractivity contribution in [1.82, 2.24) is 14.5 Å². The van der Waals surface area contributed by atoms with Gasteiger partial charge in [-0.3, -0.25) is 4.31 Å². The molecule has 170 valence electrons. The van der Waals surface area contributed by atoms with E-state index in [9.17, 15) is 18.3 Å². The van der Waals surface area contributed by atoms with Gasteiger partial charge in [0.05, 0.1) is 12.2 Å². The number of sulfonamides is 1. The van der Waals surface area contributed by atoms with Gasteiger partial charge in [0.1, 0.15) is 17.5 Å². The molecule has 2 aromatic heterocycles. The Bertz CT molecular complexity index is 1050. The smallest absolute Gasteiger partial charge is 0.335 e. The molecule has 0 bridgehead atoms. The van der Waals surface area contributed by atoms with Crippen LogP contribution in [0.15, 0.2) is 23.4 Å². The Hall–Kier alpha value is -2.66. The topological polar surface area (TPSA) is 118 Å². The summed E-state index contributed by atoms with van der Waals surface area (Å²) in [7, 11) is 0.635. The molecule has 0 saturated heterocycles. The fourth-order valence-corrected chi connectivity index (χ4v) is 4.46. The lowest BCUT2D eigenvalue weighted by Crippen LogP contribution is -2.32. The number of methoxy groups -OCH3 is 1. The number of carbonyl (C=O) groups is 1. The minimum Gasteiger partial charge on any atom is -0.478 e. The van der Waals surface area contributed by atoms with Gasteiger partial charge in [0.15, 0.2) is 5.03 Å². The molecule has 1 aliphatic rings. The van der Waals surface area contributed by atoms with Crippen molar-refractivity contribution in [1.29, 1.82) is 0 Å². The fraction of sp³-hybridized carbons (Fsp3) is 0.550. The van der Waals surface area contributed by atoms with Crippen molar-refractivity contribution in [3.63, 3.8) is 0 Å². The van der Waals surface area contributed by atoms with Crippen LogP contribution in [0.2, 0.25) is 0 Å². The standard InChI is InChI=1S/C20H29N5O5S/c1-13-8-16(13)11-25(6-7-30-5)18-10-15(20(26)27)9-17(22-18)24(4)31(28,29)19-12-23(3)14(2)21-19/h9-10,12-13,16H,6-8,11H2,1-5H3,(H,26,27). The highest BCUT2D eigenvalue weighted by atomic mass is 32.2. The first-order valence-electron chi connectivity index (χ1n) is 10.0. The number of aryl methyl sites for hydroxylation is 2. The Morgan fingerprint density at radius 1 is 1.32 bits per heavy atom. The molecule has 1 aliphatic carbocycles. The van der Waals surface area contributed by atoms with E-state index in [0.717, 1.165) is 10.7 Å². The molecule has 31 heavy (non-hydrogen) atoms. The van der Waals surface area contributed by atoms with Crippen LogP contribution >= 0.6 is 0 Å². The second-order valence-electron chi connectivity index (χ2n) is 8.00. The van der Waals surface area contributed by atoms with Crippen molar-refractivity contribution in [2.24, 2.45) is 18.9 Å². The average Bonchev–Trinajstić information content (AvgIpc) is 3.31. The number of carboxylic acid groups (broad SMARTS) is 1. The van der Waals surface area contributed by atoms with Crippen LogP contribution in [0.5, 0.6) is 0 Å². The zero-order valence-electron chi connectivity index (χ0n) is 18.4. The van der Waals surface area contributed by atoms with Gasteiger partial charge in [-0.1, -0.05) is 6.92 Å². The van der Waals surface area contributed by atoms with E-state index in [-0.39, 0.29) is 16.4 Å². The summed E-state index contributed by atoms with van der Waals surface area (Å²) in [6, 6.07) is 2.73. The number of ether oxygens (including phenoxy) is 1. The van der Waals surface area contributed by atoms with Gasteiger partial charge < -0.3 is 19.3 Å². The Labute approximate surface area is 182 Å². The minimum atomic E-state index is -4.01. The number of aromatic carboxylic acids is 1. The van der Waals surface area contributed by atoms with Gasteiger partial charge >= 0.3 is 5.97 Å². The fourth-order valence-electron chi connectivity index (χ4n) is 3.30. The summed E-state index contributed by atoms with van der Waals surface area (Å²) in [5.41, 5.74) is -0.0366. The van der Waals surface area contributed by atoms with Gasteiger partial charge in [-0.15, -0.1) is 0 Å². The first-order chi connectivity index (χ1) is 14.5. The predicted octanol–water partition coefficient (Wildman–Crippen LogP) is 1.76. The summed E-state index contributed by atoms with van der Waals surface area (Å²) < 4.78 is 34.0. The number of rotatable bonds is 10. The third-order valence-electron chi connectivity index (χ3n) is 5.70. The molecular weight excluding hydrogens is 422 g/mol. The van der Waals surface area contributed by atoms with Gasteiger partial charge in [0.2, 0.25) is 0 Å². The van der Waals surface area contributed by atoms with E-state index < -0.39 is 16.0 Å². The van der Waals surface area contributed by atoms with Gasteiger partial charge in [-0.25, -0.2) is 14.8 Å². The summed E-state index contributed by atoms with van der Waals surface area (Å²) in [5.74, 6) is 0.908. The number of anilines is 2. The number of nitrogens with zero attached hydrogens (tertiary/aromatic N) is 5. The third kappa shape index (κ3) is 4.99. The lowest BCUT2D eigenvalue weighted by molar-refractivity contribution is 0.0696. The molecule has 1 saturated carbocycles. The van der Waals surface area contributed by atoms with Crippen LogP contribution in [0.4, 0.5) is 11.6 Å². The molecule has 2 unspecified atom stereocenters. The van der Waals surface area contributed by atoms with E-state index >= 15 is 0 Å². The highest BCUT2D eigenvalue weighted by Crippen LogP contribution is 2.39. The summed E-state index contributed by atoms with van der Waals surface area (Å²) in [4.78, 5) is 22.3. The Morgan fingerprint density at radius 3 is 2.48 bits per heavy atom. The highest BCUT2D eigenvalue weighted by molar-refractivity contribution is 7.92. The molecular formula is C20H29N5O5S. The van der Waals surface area contributed by atoms with E-state index in [2.05, 4.69) is 16.9 Å². The number of carboxylic acids is 1. The molecule has 0 spiro atoms. The van der Waals surface area contributed by atoms with Crippen LogP contribution in [0.3, 0.4) is 0 Å². The molecule has 2 aromatic rings. The first kappa shape index (κ1) is 23.0. The van der Waals surface area contributed by atoms with E-state index in [1.54, 1.807) is 25.6 Å². The summed E-state index contributed by atoms with van der Waals surface area (Å²) in [6.45, 7) is 5.53. The van der Waals surface area contributed by atoms with Crippen LogP contribution < -0.4 is 9.21 Å². The molecule has 1 fully saturated rings. The number of hydrogen-bond acceptors (Lipinski definition) is 7. The molecule has 0 aliphatic heterocycles. The average molecular weight is 452 g/mol. The van der Waals surface area contributed by atoms with Crippen LogP contribution in [-0.4, -0.2) is 67.9 Å². The number of imidazole rings is 1. The second kappa shape index (κ2) is 8.83. The van der Waals surface area contributed by atoms with Crippen LogP contribution in [0, 0.1) is 18.8 Å². The van der Waals surface area contributed by atoms with Crippen molar-refractivity contribution >= 4 is 27.6 Å². The lowest BCUT2D eigenvalue weighted by atomic mass is 10.2. The maximum Gasteiger partial charge on any atom is 0.335 e. The molecule has 10 nitrogen and oxygen atoms in total. The third-order valence-corrected chi connectivity index (χ3v) is 7.33. The van der Waals surface area contributed by atoms with Crippen LogP contribution in [-0.2, 0) is 21.8 Å². The SMILES string of the molecule is COCCN(CC1CC1C)c1cc(C(=O)O)cc(N(C)S(=O)(=O)c2cn(C)c(C)n2)n1. The quantitative estimate of drug-likeness (QED) is 0.581. The van der Waals surface area contributed by atoms with Gasteiger partial charge in [0.25, 0.3) is 10.0 Å². The Kier molecular flexibility index (Phi) is 6.56. The van der Waals surface area contributed by atoms with Gasteiger partial charge in [0, 0.05) is 40.5 Å². The monoisotopic (exact) mass is 451 g/mol. The van der Waals surface area contributed by atoms with Crippen molar-refractivity contribution < 1.29 is 23.1 Å². The van der Waals surface area contributed by atoms with Gasteiger partial charge in [-0.05, 0) is 37.3 Å². The van der Waals surface area contributed by atoms with Crippen molar-refractivity contribution in [3.05, 3.63) is 29.7 Å². The molecule has 0 radical (unpaired) electrons. The van der Waals surface area contributed by atoms with Crippen LogP contribution in [0.1, 0.15) is 29.5 Å². The number of pyridine rings is 1. The minimum absolute atomic E-state index is 0.0180. The Balaban J connectivity index is 2.01. The molecule has 3 rings (SSSR count). The number of aromatic nitrogens is 3. The molecule has 2 heterocycles. The maximum atomic E-state index is 13.1. The largest absolute Gasteiger partial charge is 0.478 e. The summed E-state index contributed by atoms with van der Waals surface area (Å²) in [5, 5.41) is 9.49. The van der Waals surface area contributed by atoms with E-state index in [1.807, 2.05) is 4.90 Å². The molecule has 0 aromatic carbocycles. The van der Waals surface area contributed by atoms with Crippen molar-refractivity contribution in [3.8, 4) is 0 Å². The molecule has 11 heteroatoms. The molecule has 0 amide bonds. The second-order valence-corrected chi connectivity index (χ2v) is 9.92. The summed E-state index contributed by atoms with van der Waals surface area (Å²) in [6.07, 6.45) is 2.52. The molecule has 2 atom stereocenters. The normalized spacial score (nSPS) is 18.1. The lowest BCUT2D eigenvalue weighted by Gasteiger charge is -2.26. The highest BCUT2D eigenvalue weighted by Gasteiger charge is 2.35. The zero-order valence-corrected chi connectivity index (χ0v) is 19.3. The first-order valence-corrected chi connectivity index (χ1v) is 11.5. The predicted molar refractivity (Wildman–Crippen MR) is 116 cm³/mol. The number of hydrogen-bond donors (Lipinski definition) is 1. The van der Waals surface area contributed by atoms with E-state index in [4.69, 9.17) is 4.74 Å². The van der Waals surface area contributed by atoms with Crippen molar-refractivity contribution in [2.75, 3.05) is 43.1 Å². The maximum absolute atomic E-state index is 13.1. The van der Waals surface area contributed by atoms with Gasteiger partial charge in [-0.2, -0.15) is 8.42 Å². The molecule has 1 N–H and O–H groups in total. The Morgan fingerprint density at radius 2 is 1.97 bits per heavy atom. The van der Waals surface area contributed by atoms with E-state index in [0.29, 0.717) is 43.2 Å². The van der Waals surface area contributed by atoms with Crippen molar-refractivity contribution in [2.45, 2.75) is 25.3 Å².